The minimum absolute atomic E-state index is 0.731. The molecule has 5 heterocycles. The van der Waals surface area contributed by atoms with Gasteiger partial charge in [-0.15, -0.1) is 11.3 Å². The Morgan fingerprint density at radius 3 is 2.00 bits per heavy atom. The molecule has 13 aromatic rings. The standard InChI is InChI=1S/C48H26N4S/c1-2-13-29-25-30(22-21-27(29)11-1)46-49-47(43-34-17-7-10-20-40(34)53-48(43)50-46)52-37-18-8-5-15-32(37)35-26-36-41-31-14-4-3-12-28(31)23-24-39(41)51-38-19-9-6-16-33(38)42(44(35)52)45(36)51/h1-26H. The molecule has 0 amide bonds. The van der Waals surface area contributed by atoms with Gasteiger partial charge in [-0.05, 0) is 57.9 Å². The van der Waals surface area contributed by atoms with Gasteiger partial charge in [0, 0.05) is 48.0 Å². The normalized spacial score (nSPS) is 12.5. The highest BCUT2D eigenvalue weighted by Crippen LogP contribution is 2.49. The van der Waals surface area contributed by atoms with Crippen LogP contribution in [-0.4, -0.2) is 18.9 Å². The van der Waals surface area contributed by atoms with Gasteiger partial charge in [0.1, 0.15) is 4.83 Å². The lowest BCUT2D eigenvalue weighted by molar-refractivity contribution is 1.08. The number of benzene rings is 8. The molecule has 0 bridgehead atoms. The lowest BCUT2D eigenvalue weighted by atomic mass is 10.00. The van der Waals surface area contributed by atoms with Gasteiger partial charge in [-0.1, -0.05) is 121 Å². The first-order valence-corrected chi connectivity index (χ1v) is 18.8. The van der Waals surface area contributed by atoms with Crippen molar-refractivity contribution >= 4 is 113 Å². The average Bonchev–Trinajstić information content (AvgIpc) is 3.95. The van der Waals surface area contributed by atoms with Crippen molar-refractivity contribution in [2.75, 3.05) is 0 Å². The van der Waals surface area contributed by atoms with E-state index < -0.39 is 0 Å². The van der Waals surface area contributed by atoms with Crippen molar-refractivity contribution in [2.24, 2.45) is 0 Å². The summed E-state index contributed by atoms with van der Waals surface area (Å²) in [6.45, 7) is 0. The fraction of sp³-hybridized carbons (Fsp3) is 0. The summed E-state index contributed by atoms with van der Waals surface area (Å²) in [6.07, 6.45) is 0. The molecule has 0 aliphatic carbocycles. The molecular weight excluding hydrogens is 665 g/mol. The smallest absolute Gasteiger partial charge is 0.163 e. The molecule has 0 aliphatic rings. The van der Waals surface area contributed by atoms with Gasteiger partial charge in [-0.2, -0.15) is 0 Å². The molecule has 4 nitrogen and oxygen atoms in total. The second-order valence-electron chi connectivity index (χ2n) is 14.1. The second kappa shape index (κ2) is 9.94. The van der Waals surface area contributed by atoms with Crippen LogP contribution in [0.15, 0.2) is 158 Å². The third kappa shape index (κ3) is 3.54. The van der Waals surface area contributed by atoms with E-state index in [-0.39, 0.29) is 0 Å². The number of nitrogens with zero attached hydrogens (tertiary/aromatic N) is 4. The lowest BCUT2D eigenvalue weighted by Gasteiger charge is -2.12. The number of thiophene rings is 1. The summed E-state index contributed by atoms with van der Waals surface area (Å²) in [5.41, 5.74) is 7.03. The molecule has 0 unspecified atom stereocenters. The minimum Gasteiger partial charge on any atom is -0.308 e. The van der Waals surface area contributed by atoms with Crippen molar-refractivity contribution < 1.29 is 0 Å². The average molecular weight is 691 g/mol. The van der Waals surface area contributed by atoms with E-state index in [1.807, 2.05) is 0 Å². The van der Waals surface area contributed by atoms with Crippen LogP contribution < -0.4 is 0 Å². The Kier molecular flexibility index (Phi) is 5.22. The number of rotatable bonds is 2. The fourth-order valence-corrected chi connectivity index (χ4v) is 10.3. The van der Waals surface area contributed by atoms with Gasteiger partial charge in [-0.3, -0.25) is 4.57 Å². The SMILES string of the molecule is c1ccc2cc(-c3nc(-n4c5ccccc5c5cc6c7c8ccccc8ccc7n7c8ccccc8c(c54)c67)c4c(n3)sc3ccccc34)ccc2c1. The zero-order valence-electron chi connectivity index (χ0n) is 28.2. The Morgan fingerprint density at radius 1 is 0.415 bits per heavy atom. The second-order valence-corrected chi connectivity index (χ2v) is 15.2. The summed E-state index contributed by atoms with van der Waals surface area (Å²) in [5, 5.41) is 14.7. The molecule has 0 atom stereocenters. The van der Waals surface area contributed by atoms with Gasteiger partial charge in [0.25, 0.3) is 0 Å². The van der Waals surface area contributed by atoms with Crippen LogP contribution in [-0.2, 0) is 0 Å². The molecule has 0 spiro atoms. The Hall–Kier alpha value is -6.82. The molecule has 13 rings (SSSR count). The van der Waals surface area contributed by atoms with E-state index in [4.69, 9.17) is 9.97 Å². The van der Waals surface area contributed by atoms with Crippen LogP contribution in [0, 0.1) is 0 Å². The fourth-order valence-electron chi connectivity index (χ4n) is 9.22. The summed E-state index contributed by atoms with van der Waals surface area (Å²) in [5.74, 6) is 1.64. The summed E-state index contributed by atoms with van der Waals surface area (Å²) in [7, 11) is 0. The van der Waals surface area contributed by atoms with Crippen LogP contribution >= 0.6 is 11.3 Å². The highest BCUT2D eigenvalue weighted by atomic mass is 32.1. The van der Waals surface area contributed by atoms with E-state index in [1.165, 1.54) is 86.0 Å². The number of hydrogen-bond donors (Lipinski definition) is 0. The van der Waals surface area contributed by atoms with E-state index in [0.29, 0.717) is 0 Å². The van der Waals surface area contributed by atoms with Gasteiger partial charge >= 0.3 is 0 Å². The molecule has 53 heavy (non-hydrogen) atoms. The minimum atomic E-state index is 0.731. The first kappa shape index (κ1) is 27.8. The zero-order valence-corrected chi connectivity index (χ0v) is 29.0. The first-order chi connectivity index (χ1) is 26.3. The molecule has 0 radical (unpaired) electrons. The quantitative estimate of drug-likeness (QED) is 0.181. The zero-order chi connectivity index (χ0) is 34.4. The molecule has 0 fully saturated rings. The molecule has 5 aromatic heterocycles. The Labute approximate surface area is 305 Å². The monoisotopic (exact) mass is 690 g/mol. The topological polar surface area (TPSA) is 35.1 Å². The van der Waals surface area contributed by atoms with Crippen molar-refractivity contribution in [3.8, 4) is 17.2 Å². The lowest BCUT2D eigenvalue weighted by Crippen LogP contribution is -2.02. The maximum atomic E-state index is 5.61. The number of hydrogen-bond acceptors (Lipinski definition) is 3. The van der Waals surface area contributed by atoms with E-state index in [0.717, 1.165) is 32.9 Å². The molecule has 0 saturated heterocycles. The summed E-state index contributed by atoms with van der Waals surface area (Å²) >= 11 is 1.74. The van der Waals surface area contributed by atoms with Crippen molar-refractivity contribution in [3.05, 3.63) is 158 Å². The van der Waals surface area contributed by atoms with Gasteiger partial charge in [0.2, 0.25) is 0 Å². The van der Waals surface area contributed by atoms with Gasteiger partial charge in [-0.25, -0.2) is 9.97 Å². The predicted octanol–water partition coefficient (Wildman–Crippen LogP) is 13.1. The molecule has 0 aliphatic heterocycles. The maximum absolute atomic E-state index is 5.61. The predicted molar refractivity (Wildman–Crippen MR) is 224 cm³/mol. The van der Waals surface area contributed by atoms with E-state index in [2.05, 4.69) is 167 Å². The van der Waals surface area contributed by atoms with Crippen molar-refractivity contribution in [3.63, 3.8) is 0 Å². The molecule has 244 valence electrons. The largest absolute Gasteiger partial charge is 0.308 e. The van der Waals surface area contributed by atoms with Gasteiger partial charge in [0.05, 0.1) is 33.0 Å². The number of aromatic nitrogens is 4. The highest BCUT2D eigenvalue weighted by Gasteiger charge is 2.27. The third-order valence-electron chi connectivity index (χ3n) is 11.4. The molecule has 5 heteroatoms. The van der Waals surface area contributed by atoms with E-state index >= 15 is 0 Å². The highest BCUT2D eigenvalue weighted by molar-refractivity contribution is 7.25. The van der Waals surface area contributed by atoms with Crippen molar-refractivity contribution in [1.82, 2.24) is 18.9 Å². The molecular formula is C48H26N4S. The third-order valence-corrected chi connectivity index (χ3v) is 12.5. The van der Waals surface area contributed by atoms with Crippen LogP contribution in [0.1, 0.15) is 0 Å². The Balaban J connectivity index is 1.27. The van der Waals surface area contributed by atoms with Crippen LogP contribution in [0.3, 0.4) is 0 Å². The maximum Gasteiger partial charge on any atom is 0.163 e. The molecule has 8 aromatic carbocycles. The summed E-state index contributed by atoms with van der Waals surface area (Å²) < 4.78 is 6.16. The van der Waals surface area contributed by atoms with Crippen molar-refractivity contribution in [2.45, 2.75) is 0 Å². The Morgan fingerprint density at radius 2 is 1.11 bits per heavy atom. The number of fused-ring (bicyclic) bond motifs is 16. The van der Waals surface area contributed by atoms with Gasteiger partial charge in [0.15, 0.2) is 11.6 Å². The van der Waals surface area contributed by atoms with E-state index in [9.17, 15) is 0 Å². The van der Waals surface area contributed by atoms with Crippen LogP contribution in [0.25, 0.3) is 119 Å². The van der Waals surface area contributed by atoms with Crippen LogP contribution in [0.5, 0.6) is 0 Å². The van der Waals surface area contributed by atoms with E-state index in [1.54, 1.807) is 11.3 Å². The van der Waals surface area contributed by atoms with Crippen LogP contribution in [0.4, 0.5) is 0 Å². The Bertz CT molecular complexity index is 3700. The van der Waals surface area contributed by atoms with Crippen molar-refractivity contribution in [1.29, 1.82) is 0 Å². The number of para-hydroxylation sites is 2. The first-order valence-electron chi connectivity index (χ1n) is 18.0. The molecule has 0 saturated carbocycles. The summed E-state index contributed by atoms with van der Waals surface area (Å²) in [6, 6.07) is 57.3. The van der Waals surface area contributed by atoms with Crippen LogP contribution in [0.2, 0.25) is 0 Å². The molecule has 0 N–H and O–H groups in total. The summed E-state index contributed by atoms with van der Waals surface area (Å²) in [4.78, 5) is 11.9. The van der Waals surface area contributed by atoms with Gasteiger partial charge < -0.3 is 4.40 Å².